The molecular weight excluding hydrogens is 652 g/mol. The molecule has 3 N–H and O–H groups in total. The van der Waals surface area contributed by atoms with E-state index >= 15 is 0 Å². The molecule has 1 fully saturated rings. The number of fused-ring (bicyclic) bond motifs is 1. The van der Waals surface area contributed by atoms with Crippen molar-refractivity contribution in [2.75, 3.05) is 5.32 Å². The summed E-state index contributed by atoms with van der Waals surface area (Å²) in [6, 6.07) is 11.8. The topological polar surface area (TPSA) is 146 Å². The second kappa shape index (κ2) is 15.6. The number of rotatable bonds is 12. The molecule has 13 heteroatoms. The van der Waals surface area contributed by atoms with Gasteiger partial charge in [-0.05, 0) is 94.8 Å². The highest BCUT2D eigenvalue weighted by Gasteiger charge is 2.39. The van der Waals surface area contributed by atoms with Crippen molar-refractivity contribution in [3.63, 3.8) is 0 Å². The lowest BCUT2D eigenvalue weighted by Crippen LogP contribution is -2.45. The van der Waals surface area contributed by atoms with Crippen molar-refractivity contribution >= 4 is 29.6 Å². The van der Waals surface area contributed by atoms with Crippen LogP contribution in [0.1, 0.15) is 87.2 Å². The molecule has 0 radical (unpaired) electrons. The number of halogens is 2. The molecule has 3 aromatic carbocycles. The molecule has 5 rings (SSSR count). The molecule has 0 saturated heterocycles. The standard InChI is InChI=1S/C37H41F2N3O8/c1-37(2,3)50-31(43)18-17-30(34(40)44)42-20-22-9-10-23(33(32(22)35(42)45)49-25-7-5-4-6-8-25)21-47-36(46)41-24-11-13-26(14-12-24)48-27-15-16-28(38)29(39)19-27/h9-16,19,25,30H,4-8,17-18,20-21H2,1-3H3,(H2,40,44)(H,41,46). The largest absolute Gasteiger partial charge is 0.489 e. The molecule has 266 valence electrons. The highest BCUT2D eigenvalue weighted by Crippen LogP contribution is 2.38. The molecule has 0 aromatic heterocycles. The zero-order chi connectivity index (χ0) is 36.0. The number of benzene rings is 3. The van der Waals surface area contributed by atoms with E-state index in [0.29, 0.717) is 28.3 Å². The van der Waals surface area contributed by atoms with Crippen LogP contribution in [-0.4, -0.2) is 46.5 Å². The SMILES string of the molecule is CC(C)(C)OC(=O)CCC(C(N)=O)N1Cc2ccc(COC(=O)Nc3ccc(Oc4ccc(F)c(F)c4)cc3)c(OC3CCCCC3)c2C1=O. The molecule has 3 amide bonds. The third-order valence-electron chi connectivity index (χ3n) is 8.31. The first-order valence-corrected chi connectivity index (χ1v) is 16.6. The third kappa shape index (κ3) is 9.27. The minimum atomic E-state index is -1.05. The molecule has 1 atom stereocenters. The van der Waals surface area contributed by atoms with E-state index in [2.05, 4.69) is 5.32 Å². The van der Waals surface area contributed by atoms with Gasteiger partial charge in [-0.3, -0.25) is 19.7 Å². The molecule has 11 nitrogen and oxygen atoms in total. The Morgan fingerprint density at radius 1 is 0.960 bits per heavy atom. The number of nitrogens with two attached hydrogens (primary N) is 1. The van der Waals surface area contributed by atoms with Gasteiger partial charge in [0.2, 0.25) is 5.91 Å². The van der Waals surface area contributed by atoms with Crippen molar-refractivity contribution in [3.8, 4) is 17.2 Å². The van der Waals surface area contributed by atoms with Gasteiger partial charge in [0.1, 0.15) is 35.5 Å². The van der Waals surface area contributed by atoms with Gasteiger partial charge in [0.05, 0.1) is 11.7 Å². The highest BCUT2D eigenvalue weighted by atomic mass is 19.2. The Labute approximate surface area is 289 Å². The first kappa shape index (κ1) is 36.1. The summed E-state index contributed by atoms with van der Waals surface area (Å²) < 4.78 is 49.6. The lowest BCUT2D eigenvalue weighted by atomic mass is 9.97. The average molecular weight is 694 g/mol. The number of anilines is 1. The number of nitrogens with one attached hydrogen (secondary N) is 1. The number of ether oxygens (including phenoxy) is 4. The van der Waals surface area contributed by atoms with Gasteiger partial charge >= 0.3 is 12.1 Å². The van der Waals surface area contributed by atoms with Gasteiger partial charge in [-0.15, -0.1) is 0 Å². The van der Waals surface area contributed by atoms with Crippen LogP contribution in [-0.2, 0) is 32.2 Å². The van der Waals surface area contributed by atoms with Crippen molar-refractivity contribution in [2.45, 2.75) is 96.6 Å². The van der Waals surface area contributed by atoms with Crippen molar-refractivity contribution in [3.05, 3.63) is 82.9 Å². The smallest absolute Gasteiger partial charge is 0.411 e. The number of primary amides is 1. The molecule has 1 aliphatic heterocycles. The van der Waals surface area contributed by atoms with Crippen LogP contribution in [0.15, 0.2) is 54.6 Å². The van der Waals surface area contributed by atoms with E-state index in [4.69, 9.17) is 24.7 Å². The van der Waals surface area contributed by atoms with E-state index < -0.39 is 47.2 Å². The van der Waals surface area contributed by atoms with Crippen molar-refractivity contribution in [1.82, 2.24) is 4.90 Å². The van der Waals surface area contributed by atoms with Gasteiger partial charge in [-0.25, -0.2) is 13.6 Å². The summed E-state index contributed by atoms with van der Waals surface area (Å²) in [5.41, 5.74) is 6.79. The summed E-state index contributed by atoms with van der Waals surface area (Å²) in [7, 11) is 0. The van der Waals surface area contributed by atoms with Crippen LogP contribution < -0.4 is 20.5 Å². The Kier molecular flexibility index (Phi) is 11.2. The fourth-order valence-corrected chi connectivity index (χ4v) is 5.96. The van der Waals surface area contributed by atoms with Gasteiger partial charge in [-0.2, -0.15) is 0 Å². The number of esters is 1. The Balaban J connectivity index is 1.28. The number of hydrogen-bond acceptors (Lipinski definition) is 8. The summed E-state index contributed by atoms with van der Waals surface area (Å²) in [6.07, 6.45) is 3.63. The molecule has 50 heavy (non-hydrogen) atoms. The van der Waals surface area contributed by atoms with Crippen LogP contribution in [0.4, 0.5) is 19.3 Å². The molecular formula is C37H41F2N3O8. The van der Waals surface area contributed by atoms with E-state index in [1.807, 2.05) is 0 Å². The number of hydrogen-bond donors (Lipinski definition) is 2. The summed E-state index contributed by atoms with van der Waals surface area (Å²) in [4.78, 5) is 53.0. The van der Waals surface area contributed by atoms with Gasteiger partial charge in [0, 0.05) is 30.3 Å². The van der Waals surface area contributed by atoms with Crippen LogP contribution >= 0.6 is 0 Å². The monoisotopic (exact) mass is 693 g/mol. The minimum Gasteiger partial charge on any atom is -0.489 e. The predicted octanol–water partition coefficient (Wildman–Crippen LogP) is 7.15. The van der Waals surface area contributed by atoms with Gasteiger partial charge in [0.15, 0.2) is 11.6 Å². The molecule has 2 aliphatic rings. The Morgan fingerprint density at radius 3 is 2.32 bits per heavy atom. The lowest BCUT2D eigenvalue weighted by molar-refractivity contribution is -0.155. The molecule has 1 unspecified atom stereocenters. The number of carbonyl (C=O) groups excluding carboxylic acids is 4. The van der Waals surface area contributed by atoms with E-state index in [1.165, 1.54) is 23.1 Å². The molecule has 1 saturated carbocycles. The third-order valence-corrected chi connectivity index (χ3v) is 8.31. The second-order valence-corrected chi connectivity index (χ2v) is 13.3. The van der Waals surface area contributed by atoms with Crippen LogP contribution in [0, 0.1) is 11.6 Å². The average Bonchev–Trinajstić information content (AvgIpc) is 3.38. The first-order valence-electron chi connectivity index (χ1n) is 16.6. The highest BCUT2D eigenvalue weighted by molar-refractivity contribution is 6.03. The zero-order valence-electron chi connectivity index (χ0n) is 28.3. The van der Waals surface area contributed by atoms with Crippen LogP contribution in [0.2, 0.25) is 0 Å². The maximum absolute atomic E-state index is 13.9. The lowest BCUT2D eigenvalue weighted by Gasteiger charge is -2.27. The van der Waals surface area contributed by atoms with Gasteiger partial charge in [-0.1, -0.05) is 18.6 Å². The quantitative estimate of drug-likeness (QED) is 0.190. The summed E-state index contributed by atoms with van der Waals surface area (Å²) in [6.45, 7) is 5.10. The number of amides is 3. The number of nitrogens with zero attached hydrogens (tertiary/aromatic N) is 1. The normalized spacial score (nSPS) is 15.2. The molecule has 3 aromatic rings. The molecule has 0 spiro atoms. The fraction of sp³-hybridized carbons (Fsp3) is 0.405. The first-order chi connectivity index (χ1) is 23.8. The van der Waals surface area contributed by atoms with Crippen molar-refractivity contribution < 1.29 is 46.9 Å². The maximum Gasteiger partial charge on any atom is 0.411 e. The maximum atomic E-state index is 13.9. The van der Waals surface area contributed by atoms with Crippen LogP contribution in [0.5, 0.6) is 17.2 Å². The van der Waals surface area contributed by atoms with E-state index in [1.54, 1.807) is 45.0 Å². The minimum absolute atomic E-state index is 0.00315. The Hall–Kier alpha value is -5.20. The zero-order valence-corrected chi connectivity index (χ0v) is 28.3. The summed E-state index contributed by atoms with van der Waals surface area (Å²) in [5.74, 6) is -2.99. The summed E-state index contributed by atoms with van der Waals surface area (Å²) in [5, 5.41) is 2.62. The van der Waals surface area contributed by atoms with Crippen molar-refractivity contribution in [2.24, 2.45) is 5.73 Å². The number of carbonyl (C=O) groups is 4. The molecule has 1 heterocycles. The van der Waals surface area contributed by atoms with Gasteiger partial charge in [0.25, 0.3) is 5.91 Å². The van der Waals surface area contributed by atoms with Crippen LogP contribution in [0.25, 0.3) is 0 Å². The Morgan fingerprint density at radius 2 is 1.66 bits per heavy atom. The van der Waals surface area contributed by atoms with Gasteiger partial charge < -0.3 is 29.6 Å². The van der Waals surface area contributed by atoms with Crippen LogP contribution in [0.3, 0.4) is 0 Å². The van der Waals surface area contributed by atoms with E-state index in [9.17, 15) is 28.0 Å². The fourth-order valence-electron chi connectivity index (χ4n) is 5.96. The Bertz CT molecular complexity index is 1740. The predicted molar refractivity (Wildman–Crippen MR) is 179 cm³/mol. The second-order valence-electron chi connectivity index (χ2n) is 13.3. The van der Waals surface area contributed by atoms with Crippen molar-refractivity contribution in [1.29, 1.82) is 0 Å². The van der Waals surface area contributed by atoms with E-state index in [0.717, 1.165) is 44.2 Å². The van der Waals surface area contributed by atoms with E-state index in [-0.39, 0.29) is 43.4 Å². The molecule has 1 aliphatic carbocycles. The summed E-state index contributed by atoms with van der Waals surface area (Å²) >= 11 is 0. The molecule has 0 bridgehead atoms.